The minimum Gasteiger partial charge on any atom is -0.507 e. The van der Waals surface area contributed by atoms with Crippen LogP contribution in [0.4, 0.5) is 17.5 Å². The van der Waals surface area contributed by atoms with Crippen LogP contribution in [-0.2, 0) is 9.47 Å². The molecule has 0 amide bonds. The Kier molecular flexibility index (Phi) is 5.81. The lowest BCUT2D eigenvalue weighted by Gasteiger charge is -2.42. The van der Waals surface area contributed by atoms with Crippen LogP contribution in [0.2, 0.25) is 0 Å². The molecule has 2 unspecified atom stereocenters. The number of aromatic nitrogens is 4. The number of piperazine rings is 1. The molecule has 10 heteroatoms. The van der Waals surface area contributed by atoms with E-state index in [1.807, 2.05) is 30.6 Å². The number of hydrogen-bond acceptors (Lipinski definition) is 10. The molecular weight excluding hydrogens is 482 g/mol. The molecular formula is C28H33N7O3. The highest BCUT2D eigenvalue weighted by Gasteiger charge is 2.43. The van der Waals surface area contributed by atoms with Crippen molar-refractivity contribution in [2.24, 2.45) is 0 Å². The summed E-state index contributed by atoms with van der Waals surface area (Å²) < 4.78 is 11.8. The number of para-hydroxylation sites is 1. The molecule has 3 N–H and O–H groups in total. The lowest BCUT2D eigenvalue weighted by Crippen LogP contribution is -2.54. The monoisotopic (exact) mass is 515 g/mol. The van der Waals surface area contributed by atoms with E-state index in [0.29, 0.717) is 48.3 Å². The average Bonchev–Trinajstić information content (AvgIpc) is 3.51. The van der Waals surface area contributed by atoms with E-state index in [1.54, 1.807) is 12.1 Å². The van der Waals surface area contributed by atoms with E-state index in [1.165, 1.54) is 5.56 Å². The highest BCUT2D eigenvalue weighted by Crippen LogP contribution is 2.43. The van der Waals surface area contributed by atoms with Crippen LogP contribution in [0, 0.1) is 0 Å². The summed E-state index contributed by atoms with van der Waals surface area (Å²) in [5.74, 6) is 1.51. The molecule has 38 heavy (non-hydrogen) atoms. The number of ether oxygens (including phenoxy) is 2. The predicted molar refractivity (Wildman–Crippen MR) is 143 cm³/mol. The molecule has 7 rings (SSSR count). The standard InChI is InChI=1S/C28H33N7O3/c29-26-24(13-23(32-33-26)22-3-1-2-4-25(22)36)34-16-20-5-6-21(17-34)35(20)27-30-14-19(15-31-27)18-7-9-28(10-8-18)37-11-12-38-28/h1-4,13-15,18,20-21,36H,5-12,16-17H2,(H2,29,33). The third kappa shape index (κ3) is 4.12. The zero-order valence-electron chi connectivity index (χ0n) is 21.4. The van der Waals surface area contributed by atoms with Crippen molar-refractivity contribution in [2.45, 2.75) is 62.3 Å². The van der Waals surface area contributed by atoms with Gasteiger partial charge in [0.2, 0.25) is 5.95 Å². The van der Waals surface area contributed by atoms with Gasteiger partial charge in [0.1, 0.15) is 5.75 Å². The van der Waals surface area contributed by atoms with Crippen molar-refractivity contribution in [3.8, 4) is 17.0 Å². The van der Waals surface area contributed by atoms with Crippen LogP contribution in [-0.4, -0.2) is 69.4 Å². The molecule has 3 aromatic rings. The minimum absolute atomic E-state index is 0.177. The zero-order chi connectivity index (χ0) is 25.7. The van der Waals surface area contributed by atoms with Crippen LogP contribution < -0.4 is 15.5 Å². The lowest BCUT2D eigenvalue weighted by atomic mass is 9.82. The number of fused-ring (bicyclic) bond motifs is 2. The van der Waals surface area contributed by atoms with Crippen molar-refractivity contribution in [3.05, 3.63) is 48.3 Å². The quantitative estimate of drug-likeness (QED) is 0.534. The molecule has 1 aliphatic carbocycles. The maximum Gasteiger partial charge on any atom is 0.225 e. The number of nitrogens with two attached hydrogens (primary N) is 1. The Morgan fingerprint density at radius 2 is 1.61 bits per heavy atom. The second kappa shape index (κ2) is 9.36. The number of rotatable bonds is 4. The molecule has 2 atom stereocenters. The maximum absolute atomic E-state index is 10.3. The molecule has 1 aromatic carbocycles. The SMILES string of the molecule is Nc1nnc(-c2ccccc2O)cc1N1CC2CCC(C1)N2c1ncc(C2CCC3(CC2)OCCO3)cn1. The van der Waals surface area contributed by atoms with Crippen LogP contribution in [0.3, 0.4) is 0 Å². The summed E-state index contributed by atoms with van der Waals surface area (Å²) in [6, 6.07) is 9.69. The molecule has 1 spiro atoms. The van der Waals surface area contributed by atoms with E-state index < -0.39 is 0 Å². The summed E-state index contributed by atoms with van der Waals surface area (Å²) >= 11 is 0. The van der Waals surface area contributed by atoms with Gasteiger partial charge in [0, 0.05) is 56.0 Å². The Balaban J connectivity index is 1.06. The van der Waals surface area contributed by atoms with Gasteiger partial charge in [0.25, 0.3) is 0 Å². The predicted octanol–water partition coefficient (Wildman–Crippen LogP) is 3.48. The number of hydrogen-bond donors (Lipinski definition) is 2. The maximum atomic E-state index is 10.3. The van der Waals surface area contributed by atoms with E-state index in [0.717, 1.165) is 63.3 Å². The van der Waals surface area contributed by atoms with Gasteiger partial charge >= 0.3 is 0 Å². The van der Waals surface area contributed by atoms with Crippen molar-refractivity contribution < 1.29 is 14.6 Å². The van der Waals surface area contributed by atoms with E-state index >= 15 is 0 Å². The van der Waals surface area contributed by atoms with Crippen molar-refractivity contribution in [1.82, 2.24) is 20.2 Å². The fraction of sp³-hybridized carbons (Fsp3) is 0.500. The summed E-state index contributed by atoms with van der Waals surface area (Å²) in [4.78, 5) is 14.4. The number of anilines is 3. The molecule has 2 aromatic heterocycles. The number of nitrogen functional groups attached to an aromatic ring is 1. The van der Waals surface area contributed by atoms with E-state index in [4.69, 9.17) is 25.2 Å². The molecule has 1 saturated carbocycles. The van der Waals surface area contributed by atoms with Gasteiger partial charge in [0.05, 0.1) is 24.6 Å². The van der Waals surface area contributed by atoms with Crippen molar-refractivity contribution in [1.29, 1.82) is 0 Å². The number of aromatic hydroxyl groups is 1. The van der Waals surface area contributed by atoms with Crippen LogP contribution in [0.15, 0.2) is 42.7 Å². The van der Waals surface area contributed by atoms with Crippen LogP contribution in [0.25, 0.3) is 11.3 Å². The van der Waals surface area contributed by atoms with E-state index in [-0.39, 0.29) is 11.5 Å². The second-order valence-electron chi connectivity index (χ2n) is 10.9. The van der Waals surface area contributed by atoms with E-state index in [2.05, 4.69) is 20.0 Å². The molecule has 198 valence electrons. The van der Waals surface area contributed by atoms with Gasteiger partial charge in [-0.05, 0) is 55.4 Å². The van der Waals surface area contributed by atoms with Crippen LogP contribution >= 0.6 is 0 Å². The average molecular weight is 516 g/mol. The van der Waals surface area contributed by atoms with Gasteiger partial charge in [-0.25, -0.2) is 9.97 Å². The normalized spacial score (nSPS) is 24.8. The Labute approximate surface area is 221 Å². The first kappa shape index (κ1) is 23.6. The van der Waals surface area contributed by atoms with Gasteiger partial charge < -0.3 is 30.1 Å². The van der Waals surface area contributed by atoms with Crippen molar-refractivity contribution in [2.75, 3.05) is 41.8 Å². The highest BCUT2D eigenvalue weighted by molar-refractivity contribution is 5.74. The van der Waals surface area contributed by atoms with Gasteiger partial charge in [-0.1, -0.05) is 12.1 Å². The van der Waals surface area contributed by atoms with Crippen molar-refractivity contribution >= 4 is 17.5 Å². The Morgan fingerprint density at radius 3 is 2.29 bits per heavy atom. The van der Waals surface area contributed by atoms with Gasteiger partial charge in [-0.2, -0.15) is 0 Å². The van der Waals surface area contributed by atoms with Gasteiger partial charge in [-0.3, -0.25) is 0 Å². The topological polar surface area (TPSA) is 123 Å². The number of nitrogens with zero attached hydrogens (tertiary/aromatic N) is 6. The number of phenolic OH excluding ortho intramolecular Hbond substituents is 1. The Hall–Kier alpha value is -3.50. The van der Waals surface area contributed by atoms with Crippen LogP contribution in [0.5, 0.6) is 5.75 Å². The summed E-state index contributed by atoms with van der Waals surface area (Å²) in [6.45, 7) is 3.03. The summed E-state index contributed by atoms with van der Waals surface area (Å²) in [7, 11) is 0. The molecule has 0 radical (unpaired) electrons. The molecule has 3 saturated heterocycles. The van der Waals surface area contributed by atoms with E-state index in [9.17, 15) is 5.11 Å². The molecule has 2 bridgehead atoms. The number of phenols is 1. The third-order valence-electron chi connectivity index (χ3n) is 8.73. The largest absolute Gasteiger partial charge is 0.507 e. The molecule has 4 aliphatic rings. The van der Waals surface area contributed by atoms with Crippen molar-refractivity contribution in [3.63, 3.8) is 0 Å². The first-order valence-electron chi connectivity index (χ1n) is 13.6. The molecule has 3 aliphatic heterocycles. The fourth-order valence-corrected chi connectivity index (χ4v) is 6.74. The number of benzene rings is 1. The van der Waals surface area contributed by atoms with Gasteiger partial charge in [0.15, 0.2) is 11.6 Å². The molecule has 10 nitrogen and oxygen atoms in total. The first-order chi connectivity index (χ1) is 18.6. The minimum atomic E-state index is -0.341. The third-order valence-corrected chi connectivity index (χ3v) is 8.73. The molecule has 4 fully saturated rings. The summed E-state index contributed by atoms with van der Waals surface area (Å²) in [5, 5.41) is 18.8. The summed E-state index contributed by atoms with van der Waals surface area (Å²) in [6.07, 6.45) is 10.2. The lowest BCUT2D eigenvalue weighted by molar-refractivity contribution is -0.178. The molecule has 5 heterocycles. The smallest absolute Gasteiger partial charge is 0.225 e. The Bertz CT molecular complexity index is 1290. The fourth-order valence-electron chi connectivity index (χ4n) is 6.74. The first-order valence-corrected chi connectivity index (χ1v) is 13.6. The van der Waals surface area contributed by atoms with Gasteiger partial charge in [-0.15, -0.1) is 10.2 Å². The van der Waals surface area contributed by atoms with Crippen LogP contribution in [0.1, 0.15) is 50.0 Å². The second-order valence-corrected chi connectivity index (χ2v) is 10.9. The highest BCUT2D eigenvalue weighted by atomic mass is 16.7. The zero-order valence-corrected chi connectivity index (χ0v) is 21.4. The Morgan fingerprint density at radius 1 is 0.921 bits per heavy atom. The summed E-state index contributed by atoms with van der Waals surface area (Å²) in [5.41, 5.74) is 9.61.